The Labute approximate surface area is 167 Å². The summed E-state index contributed by atoms with van der Waals surface area (Å²) >= 11 is 5.92. The van der Waals surface area contributed by atoms with Crippen molar-refractivity contribution in [1.29, 1.82) is 5.26 Å². The highest BCUT2D eigenvalue weighted by atomic mass is 35.5. The van der Waals surface area contributed by atoms with Gasteiger partial charge in [-0.05, 0) is 49.7 Å². The predicted octanol–water partition coefficient (Wildman–Crippen LogP) is 3.11. The molecule has 0 radical (unpaired) electrons. The van der Waals surface area contributed by atoms with Crippen molar-refractivity contribution in [2.24, 2.45) is 0 Å². The summed E-state index contributed by atoms with van der Waals surface area (Å²) in [5.41, 5.74) is 1.18. The van der Waals surface area contributed by atoms with Crippen molar-refractivity contribution < 1.29 is 22.7 Å². The summed E-state index contributed by atoms with van der Waals surface area (Å²) in [6, 6.07) is 10.4. The van der Waals surface area contributed by atoms with Crippen LogP contribution in [0.3, 0.4) is 0 Å². The van der Waals surface area contributed by atoms with E-state index in [1.807, 2.05) is 6.07 Å². The lowest BCUT2D eigenvalue weighted by molar-refractivity contribution is -0.123. The first-order chi connectivity index (χ1) is 13.0. The molecule has 2 aromatic carbocycles. The number of nitrogens with one attached hydrogen (secondary N) is 1. The molecule has 0 aliphatic rings. The molecule has 0 bridgehead atoms. The van der Waals surface area contributed by atoms with Gasteiger partial charge in [0, 0.05) is 11.9 Å². The zero-order valence-electron chi connectivity index (χ0n) is 15.3. The number of carbonyl (C=O) groups is 2. The molecular formula is C19H17ClN2O5S. The fourth-order valence-electron chi connectivity index (χ4n) is 2.26. The highest BCUT2D eigenvalue weighted by molar-refractivity contribution is 7.90. The Morgan fingerprint density at radius 3 is 2.46 bits per heavy atom. The number of amides is 1. The number of aryl methyl sites for hydroxylation is 1. The third kappa shape index (κ3) is 5.09. The lowest BCUT2D eigenvalue weighted by Crippen LogP contribution is -2.30. The molecular weight excluding hydrogens is 404 g/mol. The molecule has 0 heterocycles. The molecule has 0 fully saturated rings. The van der Waals surface area contributed by atoms with Gasteiger partial charge in [-0.25, -0.2) is 13.2 Å². The van der Waals surface area contributed by atoms with Gasteiger partial charge in [-0.2, -0.15) is 5.26 Å². The highest BCUT2D eigenvalue weighted by Crippen LogP contribution is 2.21. The van der Waals surface area contributed by atoms with Crippen molar-refractivity contribution in [3.05, 3.63) is 58.1 Å². The Bertz CT molecular complexity index is 1090. The summed E-state index contributed by atoms with van der Waals surface area (Å²) < 4.78 is 28.5. The number of sulfone groups is 1. The number of rotatable bonds is 5. The first-order valence-electron chi connectivity index (χ1n) is 8.05. The van der Waals surface area contributed by atoms with Crippen LogP contribution in [0.15, 0.2) is 41.3 Å². The molecule has 0 saturated heterocycles. The van der Waals surface area contributed by atoms with Crippen molar-refractivity contribution >= 4 is 39.0 Å². The molecule has 1 amide bonds. The summed E-state index contributed by atoms with van der Waals surface area (Å²) in [6.45, 7) is 3.01. The van der Waals surface area contributed by atoms with E-state index < -0.39 is 27.8 Å². The van der Waals surface area contributed by atoms with E-state index >= 15 is 0 Å². The topological polar surface area (TPSA) is 113 Å². The van der Waals surface area contributed by atoms with Crippen molar-refractivity contribution in [3.8, 4) is 6.07 Å². The van der Waals surface area contributed by atoms with Gasteiger partial charge in [0.2, 0.25) is 0 Å². The second kappa shape index (κ2) is 8.42. The molecule has 1 atom stereocenters. The number of nitriles is 1. The molecule has 1 unspecified atom stereocenters. The Balaban J connectivity index is 2.13. The SMILES string of the molecule is Cc1ccc(S(C)(=O)=O)cc1C(=O)OC(C)C(=O)Nc1ccc(C#N)c(Cl)c1. The summed E-state index contributed by atoms with van der Waals surface area (Å²) in [6.07, 6.45) is -0.117. The second-order valence-corrected chi connectivity index (χ2v) is 8.52. The van der Waals surface area contributed by atoms with Crippen LogP contribution in [0.25, 0.3) is 0 Å². The number of halogens is 1. The normalized spacial score (nSPS) is 12.0. The Morgan fingerprint density at radius 2 is 1.89 bits per heavy atom. The van der Waals surface area contributed by atoms with Crippen molar-refractivity contribution in [3.63, 3.8) is 0 Å². The summed E-state index contributed by atoms with van der Waals surface area (Å²) in [7, 11) is -3.49. The van der Waals surface area contributed by atoms with Crippen LogP contribution in [0.1, 0.15) is 28.4 Å². The van der Waals surface area contributed by atoms with Gasteiger partial charge in [0.05, 0.1) is 21.0 Å². The van der Waals surface area contributed by atoms with Crippen molar-refractivity contribution in [2.45, 2.75) is 24.8 Å². The number of benzene rings is 2. The molecule has 0 aromatic heterocycles. The molecule has 7 nitrogen and oxygen atoms in total. The average Bonchev–Trinajstić information content (AvgIpc) is 2.61. The molecule has 0 spiro atoms. The van der Waals surface area contributed by atoms with Crippen LogP contribution in [0.2, 0.25) is 5.02 Å². The quantitative estimate of drug-likeness (QED) is 0.743. The highest BCUT2D eigenvalue weighted by Gasteiger charge is 2.22. The maximum absolute atomic E-state index is 12.4. The van der Waals surface area contributed by atoms with E-state index in [0.29, 0.717) is 11.3 Å². The summed E-state index contributed by atoms with van der Waals surface area (Å²) in [4.78, 5) is 24.6. The molecule has 0 aliphatic carbocycles. The molecule has 2 rings (SSSR count). The van der Waals surface area contributed by atoms with E-state index in [-0.39, 0.29) is 21.0 Å². The van der Waals surface area contributed by atoms with Crippen LogP contribution in [-0.2, 0) is 19.4 Å². The lowest BCUT2D eigenvalue weighted by Gasteiger charge is -2.15. The third-order valence-electron chi connectivity index (χ3n) is 3.87. The molecule has 0 saturated carbocycles. The Morgan fingerprint density at radius 1 is 1.21 bits per heavy atom. The second-order valence-electron chi connectivity index (χ2n) is 6.09. The first-order valence-corrected chi connectivity index (χ1v) is 10.3. The number of carbonyl (C=O) groups excluding carboxylic acids is 2. The monoisotopic (exact) mass is 420 g/mol. The van der Waals surface area contributed by atoms with Gasteiger partial charge in [-0.3, -0.25) is 4.79 Å². The Hall–Kier alpha value is -2.89. The number of nitrogens with zero attached hydrogens (tertiary/aromatic N) is 1. The van der Waals surface area contributed by atoms with E-state index in [1.165, 1.54) is 43.3 Å². The molecule has 0 aliphatic heterocycles. The van der Waals surface area contributed by atoms with E-state index in [0.717, 1.165) is 6.26 Å². The molecule has 28 heavy (non-hydrogen) atoms. The van der Waals surface area contributed by atoms with Crippen LogP contribution in [0.5, 0.6) is 0 Å². The van der Waals surface area contributed by atoms with Crippen molar-refractivity contribution in [1.82, 2.24) is 0 Å². The van der Waals surface area contributed by atoms with E-state index in [2.05, 4.69) is 5.32 Å². The fourth-order valence-corrected chi connectivity index (χ4v) is 3.13. The van der Waals surface area contributed by atoms with Gasteiger partial charge in [-0.1, -0.05) is 17.7 Å². The van der Waals surface area contributed by atoms with Gasteiger partial charge >= 0.3 is 5.97 Å². The average molecular weight is 421 g/mol. The third-order valence-corrected chi connectivity index (χ3v) is 5.29. The number of ether oxygens (including phenoxy) is 1. The lowest BCUT2D eigenvalue weighted by atomic mass is 10.1. The molecule has 146 valence electrons. The van der Waals surface area contributed by atoms with Crippen LogP contribution in [0.4, 0.5) is 5.69 Å². The van der Waals surface area contributed by atoms with E-state index in [9.17, 15) is 18.0 Å². The van der Waals surface area contributed by atoms with Crippen LogP contribution in [0, 0.1) is 18.3 Å². The summed E-state index contributed by atoms with van der Waals surface area (Å²) in [5, 5.41) is 11.6. The number of esters is 1. The smallest absolute Gasteiger partial charge is 0.339 e. The Kier molecular flexibility index (Phi) is 6.44. The van der Waals surface area contributed by atoms with Gasteiger partial charge in [-0.15, -0.1) is 0 Å². The van der Waals surface area contributed by atoms with Crippen LogP contribution in [-0.4, -0.2) is 32.7 Å². The minimum atomic E-state index is -3.49. The maximum Gasteiger partial charge on any atom is 0.339 e. The molecule has 2 aromatic rings. The van der Waals surface area contributed by atoms with Crippen LogP contribution < -0.4 is 5.32 Å². The molecule has 9 heteroatoms. The zero-order chi connectivity index (χ0) is 21.1. The van der Waals surface area contributed by atoms with Gasteiger partial charge < -0.3 is 10.1 Å². The fraction of sp³-hybridized carbons (Fsp3) is 0.211. The number of hydrogen-bond donors (Lipinski definition) is 1. The minimum absolute atomic E-state index is 0.0191. The largest absolute Gasteiger partial charge is 0.449 e. The zero-order valence-corrected chi connectivity index (χ0v) is 16.9. The standard InChI is InChI=1S/C19H17ClN2O5S/c1-11-4-7-15(28(3,25)26)9-16(11)19(24)27-12(2)18(23)22-14-6-5-13(10-21)17(20)8-14/h4-9,12H,1-3H3,(H,22,23). The van der Waals surface area contributed by atoms with Gasteiger partial charge in [0.1, 0.15) is 6.07 Å². The summed E-state index contributed by atoms with van der Waals surface area (Å²) in [5.74, 6) is -1.42. The van der Waals surface area contributed by atoms with E-state index in [1.54, 1.807) is 6.92 Å². The van der Waals surface area contributed by atoms with Crippen molar-refractivity contribution in [2.75, 3.05) is 11.6 Å². The minimum Gasteiger partial charge on any atom is -0.449 e. The molecule has 1 N–H and O–H groups in total. The number of hydrogen-bond acceptors (Lipinski definition) is 6. The number of anilines is 1. The van der Waals surface area contributed by atoms with E-state index in [4.69, 9.17) is 21.6 Å². The predicted molar refractivity (Wildman–Crippen MR) is 104 cm³/mol. The van der Waals surface area contributed by atoms with Gasteiger partial charge in [0.15, 0.2) is 15.9 Å². The van der Waals surface area contributed by atoms with Gasteiger partial charge in [0.25, 0.3) is 5.91 Å². The first kappa shape index (κ1) is 21.4. The van der Waals surface area contributed by atoms with Crippen LogP contribution >= 0.6 is 11.6 Å². The maximum atomic E-state index is 12.4.